The van der Waals surface area contributed by atoms with E-state index in [0.29, 0.717) is 23.4 Å². The molecule has 3 atom stereocenters. The third-order valence-corrected chi connectivity index (χ3v) is 4.75. The third kappa shape index (κ3) is 2.35. The lowest BCUT2D eigenvalue weighted by Crippen LogP contribution is -2.46. The molecular weight excluding hydrogens is 258 g/mol. The first-order valence-corrected chi connectivity index (χ1v) is 7.66. The Morgan fingerprint density at radius 1 is 1.24 bits per heavy atom. The molecule has 21 heavy (non-hydrogen) atoms. The van der Waals surface area contributed by atoms with Crippen LogP contribution in [0.1, 0.15) is 32.8 Å². The Labute approximate surface area is 126 Å². The number of piperidine rings is 1. The molecule has 1 aliphatic heterocycles. The van der Waals surface area contributed by atoms with Crippen molar-refractivity contribution in [3.05, 3.63) is 36.0 Å². The number of nitrogens with zero attached hydrogens (tertiary/aromatic N) is 3. The summed E-state index contributed by atoms with van der Waals surface area (Å²) < 4.78 is 0. The van der Waals surface area contributed by atoms with E-state index in [-0.39, 0.29) is 0 Å². The highest BCUT2D eigenvalue weighted by molar-refractivity contribution is 5.94. The molecule has 108 valence electrons. The number of hydrogen-bond donors (Lipinski definition) is 0. The van der Waals surface area contributed by atoms with Gasteiger partial charge in [-0.1, -0.05) is 32.0 Å². The number of aromatic nitrogens is 1. The highest BCUT2D eigenvalue weighted by Gasteiger charge is 2.31. The molecule has 0 N–H and O–H groups in total. The SMILES string of the molecule is CC1CC(C)C(C)N(c2c(C#N)cnc3ccccc23)C1. The van der Waals surface area contributed by atoms with Crippen molar-refractivity contribution < 1.29 is 0 Å². The first-order valence-electron chi connectivity index (χ1n) is 7.66. The average Bonchev–Trinajstić information content (AvgIpc) is 2.50. The van der Waals surface area contributed by atoms with Crippen molar-refractivity contribution >= 4 is 16.6 Å². The van der Waals surface area contributed by atoms with Gasteiger partial charge in [-0.3, -0.25) is 4.98 Å². The molecule has 0 aliphatic carbocycles. The smallest absolute Gasteiger partial charge is 0.103 e. The molecule has 1 fully saturated rings. The first-order chi connectivity index (χ1) is 10.1. The number of nitriles is 1. The van der Waals surface area contributed by atoms with Crippen LogP contribution in [0.3, 0.4) is 0 Å². The minimum atomic E-state index is 0.444. The van der Waals surface area contributed by atoms with Gasteiger partial charge in [-0.05, 0) is 31.2 Å². The molecule has 3 unspecified atom stereocenters. The van der Waals surface area contributed by atoms with E-state index in [0.717, 1.165) is 23.1 Å². The summed E-state index contributed by atoms with van der Waals surface area (Å²) in [4.78, 5) is 6.84. The fourth-order valence-corrected chi connectivity index (χ4v) is 3.53. The van der Waals surface area contributed by atoms with Crippen LogP contribution in [0.4, 0.5) is 5.69 Å². The summed E-state index contributed by atoms with van der Waals surface area (Å²) in [5.74, 6) is 1.28. The molecule has 0 amide bonds. The lowest BCUT2D eigenvalue weighted by molar-refractivity contribution is 0.297. The van der Waals surface area contributed by atoms with Crippen molar-refractivity contribution in [1.29, 1.82) is 5.26 Å². The molecule has 3 nitrogen and oxygen atoms in total. The van der Waals surface area contributed by atoms with Crippen LogP contribution in [0.15, 0.2) is 30.5 Å². The molecule has 1 saturated heterocycles. The van der Waals surface area contributed by atoms with Gasteiger partial charge in [0.05, 0.1) is 16.8 Å². The van der Waals surface area contributed by atoms with E-state index in [1.807, 2.05) is 18.2 Å². The lowest BCUT2D eigenvalue weighted by Gasteiger charge is -2.43. The van der Waals surface area contributed by atoms with Gasteiger partial charge < -0.3 is 4.90 Å². The summed E-state index contributed by atoms with van der Waals surface area (Å²) in [6.07, 6.45) is 2.97. The number of rotatable bonds is 1. The van der Waals surface area contributed by atoms with Crippen molar-refractivity contribution in [2.45, 2.75) is 33.2 Å². The second kappa shape index (κ2) is 5.37. The summed E-state index contributed by atoms with van der Waals surface area (Å²) in [5, 5.41) is 10.6. The fourth-order valence-electron chi connectivity index (χ4n) is 3.53. The maximum absolute atomic E-state index is 9.51. The molecule has 0 bridgehead atoms. The Kier molecular flexibility index (Phi) is 3.55. The minimum absolute atomic E-state index is 0.444. The highest BCUT2D eigenvalue weighted by Crippen LogP contribution is 2.36. The molecule has 1 aromatic carbocycles. The zero-order valence-electron chi connectivity index (χ0n) is 12.9. The number of para-hydroxylation sites is 1. The van der Waals surface area contributed by atoms with Crippen LogP contribution < -0.4 is 4.90 Å². The third-order valence-electron chi connectivity index (χ3n) is 4.75. The first kappa shape index (κ1) is 13.9. The van der Waals surface area contributed by atoms with Crippen LogP contribution in [0, 0.1) is 23.2 Å². The van der Waals surface area contributed by atoms with Crippen molar-refractivity contribution in [3.63, 3.8) is 0 Å². The molecule has 1 aromatic heterocycles. The maximum atomic E-state index is 9.51. The van der Waals surface area contributed by atoms with E-state index in [1.165, 1.54) is 6.42 Å². The zero-order valence-corrected chi connectivity index (χ0v) is 12.9. The van der Waals surface area contributed by atoms with Crippen LogP contribution >= 0.6 is 0 Å². The number of hydrogen-bond acceptors (Lipinski definition) is 3. The Bertz CT molecular complexity index is 701. The molecule has 0 saturated carbocycles. The average molecular weight is 279 g/mol. The number of anilines is 1. The largest absolute Gasteiger partial charge is 0.367 e. The quantitative estimate of drug-likeness (QED) is 0.792. The van der Waals surface area contributed by atoms with Gasteiger partial charge in [0.15, 0.2) is 0 Å². The molecule has 0 radical (unpaired) electrons. The van der Waals surface area contributed by atoms with Crippen molar-refractivity contribution in [2.24, 2.45) is 11.8 Å². The Balaban J connectivity index is 2.20. The number of fused-ring (bicyclic) bond motifs is 1. The lowest BCUT2D eigenvalue weighted by atomic mass is 9.85. The zero-order chi connectivity index (χ0) is 15.0. The Morgan fingerprint density at radius 3 is 2.76 bits per heavy atom. The van der Waals surface area contributed by atoms with Gasteiger partial charge in [0.25, 0.3) is 0 Å². The Hall–Kier alpha value is -2.08. The molecule has 3 rings (SSSR count). The van der Waals surface area contributed by atoms with Crippen LogP contribution in [0.2, 0.25) is 0 Å². The molecule has 1 aliphatic rings. The monoisotopic (exact) mass is 279 g/mol. The van der Waals surface area contributed by atoms with Crippen molar-refractivity contribution in [2.75, 3.05) is 11.4 Å². The predicted molar refractivity (Wildman–Crippen MR) is 86.2 cm³/mol. The van der Waals surface area contributed by atoms with Crippen molar-refractivity contribution in [3.8, 4) is 6.07 Å². The fraction of sp³-hybridized carbons (Fsp3) is 0.444. The van der Waals surface area contributed by atoms with Gasteiger partial charge >= 0.3 is 0 Å². The van der Waals surface area contributed by atoms with E-state index in [2.05, 4.69) is 42.8 Å². The van der Waals surface area contributed by atoms with Gasteiger partial charge in [-0.25, -0.2) is 0 Å². The number of benzene rings is 1. The summed E-state index contributed by atoms with van der Waals surface area (Å²) in [6, 6.07) is 10.9. The predicted octanol–water partition coefficient (Wildman–Crippen LogP) is 3.98. The summed E-state index contributed by atoms with van der Waals surface area (Å²) in [7, 11) is 0. The molecular formula is C18H21N3. The summed E-state index contributed by atoms with van der Waals surface area (Å²) >= 11 is 0. The molecule has 3 heteroatoms. The van der Waals surface area contributed by atoms with E-state index in [4.69, 9.17) is 0 Å². The van der Waals surface area contributed by atoms with Gasteiger partial charge in [-0.15, -0.1) is 0 Å². The van der Waals surface area contributed by atoms with Gasteiger partial charge in [0.1, 0.15) is 6.07 Å². The van der Waals surface area contributed by atoms with E-state index < -0.39 is 0 Å². The van der Waals surface area contributed by atoms with Crippen LogP contribution in [0.25, 0.3) is 10.9 Å². The molecule has 2 heterocycles. The van der Waals surface area contributed by atoms with Crippen LogP contribution in [-0.2, 0) is 0 Å². The maximum Gasteiger partial charge on any atom is 0.103 e. The van der Waals surface area contributed by atoms with Crippen molar-refractivity contribution in [1.82, 2.24) is 4.98 Å². The minimum Gasteiger partial charge on any atom is -0.367 e. The van der Waals surface area contributed by atoms with Gasteiger partial charge in [0.2, 0.25) is 0 Å². The second-order valence-electron chi connectivity index (χ2n) is 6.36. The molecule has 2 aromatic rings. The highest BCUT2D eigenvalue weighted by atomic mass is 15.2. The van der Waals surface area contributed by atoms with E-state index >= 15 is 0 Å². The van der Waals surface area contributed by atoms with Crippen LogP contribution in [0.5, 0.6) is 0 Å². The van der Waals surface area contributed by atoms with E-state index in [1.54, 1.807) is 6.20 Å². The Morgan fingerprint density at radius 2 is 2.00 bits per heavy atom. The normalized spacial score (nSPS) is 25.8. The summed E-state index contributed by atoms with van der Waals surface area (Å²) in [6.45, 7) is 7.88. The standard InChI is InChI=1S/C18H21N3/c1-12-8-13(2)14(3)21(11-12)18-15(9-19)10-20-17-7-5-4-6-16(17)18/h4-7,10,12-14H,8,11H2,1-3H3. The second-order valence-corrected chi connectivity index (χ2v) is 6.36. The number of pyridine rings is 1. The van der Waals surface area contributed by atoms with Gasteiger partial charge in [0, 0.05) is 24.2 Å². The molecule has 0 spiro atoms. The van der Waals surface area contributed by atoms with Gasteiger partial charge in [-0.2, -0.15) is 5.26 Å². The van der Waals surface area contributed by atoms with Crippen LogP contribution in [-0.4, -0.2) is 17.6 Å². The van der Waals surface area contributed by atoms with E-state index in [9.17, 15) is 5.26 Å². The summed E-state index contributed by atoms with van der Waals surface area (Å²) in [5.41, 5.74) is 2.71. The topological polar surface area (TPSA) is 39.9 Å².